The Morgan fingerprint density at radius 3 is 2.55 bits per heavy atom. The Bertz CT molecular complexity index is 271. The summed E-state index contributed by atoms with van der Waals surface area (Å²) in [7, 11) is 0. The van der Waals surface area contributed by atoms with Crippen molar-refractivity contribution in [3.05, 3.63) is 29.6 Å². The molecule has 1 aromatic heterocycles. The molecule has 1 heterocycles. The van der Waals surface area contributed by atoms with Gasteiger partial charge in [0.15, 0.2) is 0 Å². The number of halogens is 2. The Labute approximate surface area is 63.1 Å². The second kappa shape index (κ2) is 3.11. The van der Waals surface area contributed by atoms with E-state index in [1.165, 1.54) is 18.3 Å². The van der Waals surface area contributed by atoms with Crippen LogP contribution in [0.2, 0.25) is 0 Å². The minimum absolute atomic E-state index is 0.246. The summed E-state index contributed by atoms with van der Waals surface area (Å²) < 4.78 is 23.8. The third kappa shape index (κ3) is 1.74. The molecule has 0 unspecified atom stereocenters. The molecule has 0 fully saturated rings. The largest absolute Gasteiger partial charge is 0.280 e. The highest BCUT2D eigenvalue weighted by atomic mass is 19.3. The van der Waals surface area contributed by atoms with E-state index in [4.69, 9.17) is 6.42 Å². The molecule has 1 aromatic rings. The van der Waals surface area contributed by atoms with Crippen LogP contribution in [-0.2, 0) is 0 Å². The van der Waals surface area contributed by atoms with Crippen molar-refractivity contribution in [1.29, 1.82) is 0 Å². The summed E-state index contributed by atoms with van der Waals surface area (Å²) in [6, 6.07) is 2.66. The fourth-order valence-corrected chi connectivity index (χ4v) is 0.620. The Morgan fingerprint density at radius 2 is 2.18 bits per heavy atom. The maximum atomic E-state index is 11.9. The highest BCUT2D eigenvalue weighted by molar-refractivity contribution is 5.29. The van der Waals surface area contributed by atoms with Crippen molar-refractivity contribution in [2.75, 3.05) is 0 Å². The zero-order chi connectivity index (χ0) is 8.27. The van der Waals surface area contributed by atoms with Gasteiger partial charge in [-0.25, -0.2) is 8.78 Å². The number of terminal acetylenes is 1. The lowest BCUT2D eigenvalue weighted by atomic mass is 10.2. The molecule has 0 saturated carbocycles. The number of hydrogen-bond acceptors (Lipinski definition) is 1. The van der Waals surface area contributed by atoms with E-state index in [1.807, 2.05) is 0 Å². The van der Waals surface area contributed by atoms with Crippen LogP contribution in [0.4, 0.5) is 8.78 Å². The van der Waals surface area contributed by atoms with Gasteiger partial charge in [0.25, 0.3) is 6.43 Å². The average molecular weight is 153 g/mol. The minimum Gasteiger partial charge on any atom is -0.254 e. The van der Waals surface area contributed by atoms with Crippen molar-refractivity contribution in [2.24, 2.45) is 0 Å². The summed E-state index contributed by atoms with van der Waals surface area (Å²) in [5.74, 6) is 2.29. The Kier molecular flexibility index (Phi) is 2.17. The van der Waals surface area contributed by atoms with Crippen LogP contribution < -0.4 is 0 Å². The van der Waals surface area contributed by atoms with Crippen molar-refractivity contribution in [2.45, 2.75) is 6.43 Å². The van der Waals surface area contributed by atoms with Crippen LogP contribution in [-0.4, -0.2) is 4.98 Å². The van der Waals surface area contributed by atoms with E-state index in [9.17, 15) is 8.78 Å². The monoisotopic (exact) mass is 153 g/mol. The maximum Gasteiger partial charge on any atom is 0.280 e. The standard InChI is InChI=1S/C8H5F2N/c1-2-6-3-4-7(8(9)10)11-5-6/h1,3-5,8H. The molecule has 56 valence electrons. The van der Waals surface area contributed by atoms with Gasteiger partial charge >= 0.3 is 0 Å². The van der Waals surface area contributed by atoms with Gasteiger partial charge < -0.3 is 0 Å². The van der Waals surface area contributed by atoms with Crippen LogP contribution in [0.15, 0.2) is 18.3 Å². The fraction of sp³-hybridized carbons (Fsp3) is 0.125. The first-order valence-electron chi connectivity index (χ1n) is 2.94. The van der Waals surface area contributed by atoms with E-state index < -0.39 is 6.43 Å². The summed E-state index contributed by atoms with van der Waals surface area (Å²) in [5.41, 5.74) is 0.262. The minimum atomic E-state index is -2.53. The third-order valence-corrected chi connectivity index (χ3v) is 1.18. The Morgan fingerprint density at radius 1 is 1.45 bits per heavy atom. The first-order chi connectivity index (χ1) is 5.24. The summed E-state index contributed by atoms with van der Waals surface area (Å²) in [4.78, 5) is 3.46. The number of nitrogens with zero attached hydrogens (tertiary/aromatic N) is 1. The third-order valence-electron chi connectivity index (χ3n) is 1.18. The van der Waals surface area contributed by atoms with Crippen molar-refractivity contribution >= 4 is 0 Å². The molecule has 0 aliphatic rings. The Hall–Kier alpha value is -1.43. The van der Waals surface area contributed by atoms with Crippen molar-refractivity contribution in [3.63, 3.8) is 0 Å². The lowest BCUT2D eigenvalue weighted by molar-refractivity contribution is 0.146. The van der Waals surface area contributed by atoms with Crippen LogP contribution in [0.3, 0.4) is 0 Å². The number of alkyl halides is 2. The molecule has 0 aliphatic carbocycles. The molecule has 0 saturated heterocycles. The summed E-state index contributed by atoms with van der Waals surface area (Å²) in [5, 5.41) is 0. The van der Waals surface area contributed by atoms with E-state index >= 15 is 0 Å². The van der Waals surface area contributed by atoms with Gasteiger partial charge in [0.1, 0.15) is 5.69 Å². The van der Waals surface area contributed by atoms with Gasteiger partial charge in [-0.05, 0) is 12.1 Å². The summed E-state index contributed by atoms with van der Waals surface area (Å²) in [6.45, 7) is 0. The van der Waals surface area contributed by atoms with E-state index in [1.54, 1.807) is 0 Å². The number of rotatable bonds is 1. The second-order valence-corrected chi connectivity index (χ2v) is 1.92. The quantitative estimate of drug-likeness (QED) is 0.562. The van der Waals surface area contributed by atoms with Crippen LogP contribution >= 0.6 is 0 Å². The van der Waals surface area contributed by atoms with Crippen LogP contribution in [0.5, 0.6) is 0 Å². The van der Waals surface area contributed by atoms with Gasteiger partial charge in [0.05, 0.1) is 0 Å². The predicted octanol–water partition coefficient (Wildman–Crippen LogP) is 2.00. The van der Waals surface area contributed by atoms with E-state index in [0.717, 1.165) is 0 Å². The first-order valence-corrected chi connectivity index (χ1v) is 2.94. The SMILES string of the molecule is C#Cc1ccc(C(F)F)nc1. The molecule has 0 aromatic carbocycles. The fourth-order valence-electron chi connectivity index (χ4n) is 0.620. The van der Waals surface area contributed by atoms with E-state index in [-0.39, 0.29) is 5.69 Å². The highest BCUT2D eigenvalue weighted by Gasteiger charge is 2.06. The highest BCUT2D eigenvalue weighted by Crippen LogP contribution is 2.15. The molecule has 0 atom stereocenters. The maximum absolute atomic E-state index is 11.9. The van der Waals surface area contributed by atoms with Crippen LogP contribution in [0, 0.1) is 12.3 Å². The molecule has 0 radical (unpaired) electrons. The van der Waals surface area contributed by atoms with Crippen LogP contribution in [0.1, 0.15) is 17.7 Å². The van der Waals surface area contributed by atoms with Gasteiger partial charge in [-0.2, -0.15) is 0 Å². The van der Waals surface area contributed by atoms with Gasteiger partial charge in [0, 0.05) is 11.8 Å². The molecule has 1 nitrogen and oxygen atoms in total. The zero-order valence-corrected chi connectivity index (χ0v) is 5.59. The van der Waals surface area contributed by atoms with E-state index in [0.29, 0.717) is 5.56 Å². The molecule has 0 spiro atoms. The number of aromatic nitrogens is 1. The molecule has 0 N–H and O–H groups in total. The van der Waals surface area contributed by atoms with Crippen LogP contribution in [0.25, 0.3) is 0 Å². The van der Waals surface area contributed by atoms with Gasteiger partial charge in [-0.1, -0.05) is 5.92 Å². The smallest absolute Gasteiger partial charge is 0.254 e. The lowest BCUT2D eigenvalue weighted by Gasteiger charge is -1.96. The molecular weight excluding hydrogens is 148 g/mol. The molecule has 11 heavy (non-hydrogen) atoms. The first kappa shape index (κ1) is 7.67. The number of hydrogen-bond donors (Lipinski definition) is 0. The average Bonchev–Trinajstić information content (AvgIpc) is 2.05. The molecule has 0 bridgehead atoms. The second-order valence-electron chi connectivity index (χ2n) is 1.92. The van der Waals surface area contributed by atoms with Crippen molar-refractivity contribution in [1.82, 2.24) is 4.98 Å². The van der Waals surface area contributed by atoms with E-state index in [2.05, 4.69) is 10.9 Å². The van der Waals surface area contributed by atoms with Gasteiger partial charge in [-0.3, -0.25) is 4.98 Å². The normalized spacial score (nSPS) is 9.64. The molecule has 0 aliphatic heterocycles. The zero-order valence-electron chi connectivity index (χ0n) is 5.59. The van der Waals surface area contributed by atoms with Gasteiger partial charge in [-0.15, -0.1) is 6.42 Å². The number of pyridine rings is 1. The molecular formula is C8H5F2N. The predicted molar refractivity (Wildman–Crippen MR) is 37.1 cm³/mol. The summed E-state index contributed by atoms with van der Waals surface area (Å²) >= 11 is 0. The van der Waals surface area contributed by atoms with Crippen molar-refractivity contribution in [3.8, 4) is 12.3 Å². The topological polar surface area (TPSA) is 12.9 Å². The lowest BCUT2D eigenvalue weighted by Crippen LogP contribution is -1.88. The van der Waals surface area contributed by atoms with Crippen molar-refractivity contribution < 1.29 is 8.78 Å². The van der Waals surface area contributed by atoms with Gasteiger partial charge in [0.2, 0.25) is 0 Å². The molecule has 0 amide bonds. The molecule has 3 heteroatoms. The Balaban J connectivity index is 2.94. The summed E-state index contributed by atoms with van der Waals surface area (Å²) in [6.07, 6.45) is 3.72. The molecule has 1 rings (SSSR count).